The summed E-state index contributed by atoms with van der Waals surface area (Å²) in [6.45, 7) is 2.23. The Morgan fingerprint density at radius 3 is 2.37 bits per heavy atom. The molecule has 0 fully saturated rings. The number of hydrogen-bond acceptors (Lipinski definition) is 3. The van der Waals surface area contributed by atoms with E-state index in [9.17, 15) is 22.8 Å². The largest absolute Gasteiger partial charge is 0.478 e. The number of nitrogens with zero attached hydrogens (tertiary/aromatic N) is 2. The van der Waals surface area contributed by atoms with Crippen molar-refractivity contribution in [2.24, 2.45) is 0 Å². The van der Waals surface area contributed by atoms with E-state index in [4.69, 9.17) is 5.11 Å². The van der Waals surface area contributed by atoms with Crippen LogP contribution in [0.3, 0.4) is 0 Å². The van der Waals surface area contributed by atoms with Crippen LogP contribution in [0.25, 0.3) is 0 Å². The number of benzene rings is 1. The smallest absolute Gasteiger partial charge is 0.408 e. The number of carbonyl (C=O) groups excluding carboxylic acids is 1. The van der Waals surface area contributed by atoms with Crippen LogP contribution in [0.15, 0.2) is 24.3 Å². The van der Waals surface area contributed by atoms with Gasteiger partial charge in [-0.2, -0.15) is 18.3 Å². The van der Waals surface area contributed by atoms with Crippen molar-refractivity contribution in [3.63, 3.8) is 0 Å². The lowest BCUT2D eigenvalue weighted by atomic mass is 10.1. The van der Waals surface area contributed by atoms with Crippen LogP contribution in [-0.4, -0.2) is 39.5 Å². The fourth-order valence-electron chi connectivity index (χ4n) is 2.70. The van der Waals surface area contributed by atoms with E-state index in [0.29, 0.717) is 29.9 Å². The third kappa shape index (κ3) is 5.83. The van der Waals surface area contributed by atoms with Crippen molar-refractivity contribution in [2.45, 2.75) is 39.4 Å². The Morgan fingerprint density at radius 1 is 1.19 bits per heavy atom. The molecule has 0 saturated heterocycles. The molecule has 2 rings (SSSR count). The normalized spacial score (nSPS) is 11.4. The average Bonchev–Trinajstić information content (AvgIpc) is 2.81. The Bertz CT molecular complexity index is 827. The number of aromatic nitrogens is 2. The predicted molar refractivity (Wildman–Crippen MR) is 91.6 cm³/mol. The van der Waals surface area contributed by atoms with Crippen molar-refractivity contribution in [3.8, 4) is 0 Å². The SMILES string of the molecule is Cc1nn(CC(F)(F)F)c(C)c1CC(=O)NCCc1ccc(C(=O)O)cc1. The lowest BCUT2D eigenvalue weighted by molar-refractivity contribution is -0.143. The van der Waals surface area contributed by atoms with E-state index in [1.165, 1.54) is 19.1 Å². The zero-order valence-corrected chi connectivity index (χ0v) is 14.9. The van der Waals surface area contributed by atoms with E-state index >= 15 is 0 Å². The molecule has 27 heavy (non-hydrogen) atoms. The van der Waals surface area contributed by atoms with Gasteiger partial charge in [0.1, 0.15) is 6.54 Å². The number of carboxylic acids is 1. The van der Waals surface area contributed by atoms with Crippen LogP contribution < -0.4 is 5.32 Å². The van der Waals surface area contributed by atoms with Gasteiger partial charge in [0, 0.05) is 17.8 Å². The molecule has 1 amide bonds. The highest BCUT2D eigenvalue weighted by molar-refractivity contribution is 5.87. The van der Waals surface area contributed by atoms with Crippen LogP contribution in [0.1, 0.15) is 32.9 Å². The van der Waals surface area contributed by atoms with E-state index in [1.807, 2.05) is 0 Å². The summed E-state index contributed by atoms with van der Waals surface area (Å²) < 4.78 is 38.5. The van der Waals surface area contributed by atoms with Gasteiger partial charge < -0.3 is 10.4 Å². The lowest BCUT2D eigenvalue weighted by Crippen LogP contribution is -2.27. The van der Waals surface area contributed by atoms with Crippen molar-refractivity contribution >= 4 is 11.9 Å². The number of alkyl halides is 3. The Kier molecular flexibility index (Phi) is 6.24. The van der Waals surface area contributed by atoms with Gasteiger partial charge in [-0.1, -0.05) is 12.1 Å². The minimum absolute atomic E-state index is 0.0481. The first-order valence-corrected chi connectivity index (χ1v) is 8.25. The maximum atomic E-state index is 12.5. The maximum absolute atomic E-state index is 12.5. The van der Waals surface area contributed by atoms with Crippen LogP contribution in [0, 0.1) is 13.8 Å². The molecule has 1 aromatic heterocycles. The standard InChI is InChI=1S/C18H20F3N3O3/c1-11-15(12(2)24(23-11)10-18(19,20)21)9-16(25)22-8-7-13-3-5-14(6-4-13)17(26)27/h3-6H,7-10H2,1-2H3,(H,22,25)(H,26,27). The first-order valence-electron chi connectivity index (χ1n) is 8.25. The molecule has 1 heterocycles. The maximum Gasteiger partial charge on any atom is 0.408 e. The molecule has 0 bridgehead atoms. The molecule has 0 atom stereocenters. The summed E-state index contributed by atoms with van der Waals surface area (Å²) in [5.41, 5.74) is 2.26. The number of hydrogen-bond donors (Lipinski definition) is 2. The van der Waals surface area contributed by atoms with E-state index in [-0.39, 0.29) is 17.9 Å². The summed E-state index contributed by atoms with van der Waals surface area (Å²) in [5.74, 6) is -1.32. The first-order chi connectivity index (χ1) is 12.6. The van der Waals surface area contributed by atoms with Crippen LogP contribution in [0.5, 0.6) is 0 Å². The van der Waals surface area contributed by atoms with Gasteiger partial charge in [-0.25, -0.2) is 4.79 Å². The van der Waals surface area contributed by atoms with Gasteiger partial charge >= 0.3 is 12.1 Å². The van der Waals surface area contributed by atoms with Gasteiger partial charge in [0.25, 0.3) is 0 Å². The number of nitrogens with one attached hydrogen (secondary N) is 1. The topological polar surface area (TPSA) is 84.2 Å². The quantitative estimate of drug-likeness (QED) is 0.770. The Hall–Kier alpha value is -2.84. The molecule has 0 aliphatic carbocycles. The Morgan fingerprint density at radius 2 is 1.81 bits per heavy atom. The summed E-state index contributed by atoms with van der Waals surface area (Å²) in [4.78, 5) is 22.9. The Labute approximate surface area is 154 Å². The third-order valence-electron chi connectivity index (χ3n) is 4.13. The summed E-state index contributed by atoms with van der Waals surface area (Å²) in [6.07, 6.45) is -3.91. The van der Waals surface area contributed by atoms with Crippen LogP contribution in [0.4, 0.5) is 13.2 Å². The number of halogens is 3. The number of aryl methyl sites for hydroxylation is 1. The minimum Gasteiger partial charge on any atom is -0.478 e. The summed E-state index contributed by atoms with van der Waals surface area (Å²) >= 11 is 0. The van der Waals surface area contributed by atoms with Crippen molar-refractivity contribution in [1.82, 2.24) is 15.1 Å². The highest BCUT2D eigenvalue weighted by Gasteiger charge is 2.30. The van der Waals surface area contributed by atoms with Crippen molar-refractivity contribution in [1.29, 1.82) is 0 Å². The molecule has 1 aromatic carbocycles. The zero-order valence-electron chi connectivity index (χ0n) is 14.9. The Balaban J connectivity index is 1.89. The second kappa shape index (κ2) is 8.24. The second-order valence-electron chi connectivity index (χ2n) is 6.20. The summed E-state index contributed by atoms with van der Waals surface area (Å²) in [5, 5.41) is 15.4. The predicted octanol–water partition coefficient (Wildman–Crippen LogP) is 2.66. The van der Waals surface area contributed by atoms with Gasteiger partial charge in [-0.15, -0.1) is 0 Å². The molecule has 6 nitrogen and oxygen atoms in total. The zero-order chi connectivity index (χ0) is 20.2. The number of carbonyl (C=O) groups is 2. The average molecular weight is 383 g/mol. The molecule has 2 aromatic rings. The fourth-order valence-corrected chi connectivity index (χ4v) is 2.70. The number of amides is 1. The molecule has 0 radical (unpaired) electrons. The van der Waals surface area contributed by atoms with Crippen LogP contribution in [0.2, 0.25) is 0 Å². The molecule has 2 N–H and O–H groups in total. The number of carboxylic acid groups (broad SMARTS) is 1. The number of rotatable bonds is 7. The van der Waals surface area contributed by atoms with Gasteiger partial charge in [-0.05, 0) is 38.0 Å². The molecule has 0 saturated carbocycles. The molecular formula is C18H20F3N3O3. The molecule has 9 heteroatoms. The highest BCUT2D eigenvalue weighted by Crippen LogP contribution is 2.21. The number of aromatic carboxylic acids is 1. The van der Waals surface area contributed by atoms with Crippen molar-refractivity contribution in [3.05, 3.63) is 52.3 Å². The van der Waals surface area contributed by atoms with E-state index in [2.05, 4.69) is 10.4 Å². The summed E-state index contributed by atoms with van der Waals surface area (Å²) in [7, 11) is 0. The van der Waals surface area contributed by atoms with E-state index < -0.39 is 18.7 Å². The molecule has 0 aliphatic rings. The first kappa shape index (κ1) is 20.5. The molecular weight excluding hydrogens is 363 g/mol. The second-order valence-corrected chi connectivity index (χ2v) is 6.20. The van der Waals surface area contributed by atoms with Crippen LogP contribution in [-0.2, 0) is 24.2 Å². The molecule has 0 unspecified atom stereocenters. The molecule has 0 spiro atoms. The minimum atomic E-state index is -4.38. The van der Waals surface area contributed by atoms with Gasteiger partial charge in [-0.3, -0.25) is 9.48 Å². The van der Waals surface area contributed by atoms with E-state index in [1.54, 1.807) is 19.1 Å². The molecule has 0 aliphatic heterocycles. The van der Waals surface area contributed by atoms with Gasteiger partial charge in [0.2, 0.25) is 5.91 Å². The lowest BCUT2D eigenvalue weighted by Gasteiger charge is -2.09. The van der Waals surface area contributed by atoms with Crippen molar-refractivity contribution < 1.29 is 27.9 Å². The van der Waals surface area contributed by atoms with Gasteiger partial charge in [0.15, 0.2) is 0 Å². The van der Waals surface area contributed by atoms with Crippen molar-refractivity contribution in [2.75, 3.05) is 6.54 Å². The highest BCUT2D eigenvalue weighted by atomic mass is 19.4. The van der Waals surface area contributed by atoms with E-state index in [0.717, 1.165) is 10.2 Å². The third-order valence-corrected chi connectivity index (χ3v) is 4.13. The summed E-state index contributed by atoms with van der Waals surface area (Å²) in [6, 6.07) is 6.32. The van der Waals surface area contributed by atoms with Gasteiger partial charge in [0.05, 0.1) is 17.7 Å². The monoisotopic (exact) mass is 383 g/mol. The molecule has 146 valence electrons. The fraction of sp³-hybridized carbons (Fsp3) is 0.389. The van der Waals surface area contributed by atoms with Crippen LogP contribution >= 0.6 is 0 Å².